The summed E-state index contributed by atoms with van der Waals surface area (Å²) >= 11 is 0. The maximum Gasteiger partial charge on any atom is 0.312 e. The highest BCUT2D eigenvalue weighted by molar-refractivity contribution is 6.01. The van der Waals surface area contributed by atoms with Crippen molar-refractivity contribution in [2.45, 2.75) is 172 Å². The Labute approximate surface area is 342 Å². The van der Waals surface area contributed by atoms with Crippen LogP contribution in [0.3, 0.4) is 0 Å². The Hall–Kier alpha value is -3.36. The van der Waals surface area contributed by atoms with E-state index in [1.54, 1.807) is 38.4 Å². The Bertz CT molecular complexity index is 1820. The standard InChI is InChI=1S/C48H71N3O6/c1-29(2)38-32(52)27-48(22-19-36(53)51-30(3)40-49-25-14-26-50-40)24-23-46(12)31(39(38)48)15-16-34-45(11)20-18-35(44(9,10)33(45)17-21-47(34,46)13)56-37(54)28-43(7,8)41(55)57-42(4,5)6/h14,19,22,25-26,29-31,33-35H,15-18,20-21,23-24,27-28H2,1-13H3,(H,51,53)/t30-,31-,33+,34-,35+,45+,46-,47-,48+/m1/s1. The van der Waals surface area contributed by atoms with Gasteiger partial charge in [-0.1, -0.05) is 54.5 Å². The fourth-order valence-corrected chi connectivity index (χ4v) is 13.2. The van der Waals surface area contributed by atoms with Gasteiger partial charge in [-0.2, -0.15) is 0 Å². The Morgan fingerprint density at radius 1 is 0.877 bits per heavy atom. The summed E-state index contributed by atoms with van der Waals surface area (Å²) in [6.45, 7) is 27.5. The molecule has 6 rings (SSSR count). The lowest BCUT2D eigenvalue weighted by molar-refractivity contribution is -0.232. The third kappa shape index (κ3) is 7.45. The minimum absolute atomic E-state index is 0.0105. The first-order valence-electron chi connectivity index (χ1n) is 21.8. The lowest BCUT2D eigenvalue weighted by Gasteiger charge is -2.72. The van der Waals surface area contributed by atoms with Gasteiger partial charge in [0.2, 0.25) is 5.91 Å². The van der Waals surface area contributed by atoms with Crippen molar-refractivity contribution < 1.29 is 28.7 Å². The molecule has 0 aromatic carbocycles. The minimum atomic E-state index is -0.983. The van der Waals surface area contributed by atoms with Crippen LogP contribution in [-0.2, 0) is 28.7 Å². The predicted octanol–water partition coefficient (Wildman–Crippen LogP) is 9.86. The summed E-state index contributed by atoms with van der Waals surface area (Å²) in [5.41, 5.74) is 0.131. The second-order valence-corrected chi connectivity index (χ2v) is 21.9. The molecule has 9 heteroatoms. The molecule has 9 nitrogen and oxygen atoms in total. The summed E-state index contributed by atoms with van der Waals surface area (Å²) in [6.07, 6.45) is 15.2. The molecule has 1 aromatic rings. The van der Waals surface area contributed by atoms with E-state index in [-0.39, 0.29) is 75.7 Å². The molecular weight excluding hydrogens is 715 g/mol. The quantitative estimate of drug-likeness (QED) is 0.194. The molecule has 5 aliphatic carbocycles. The van der Waals surface area contributed by atoms with E-state index in [0.717, 1.165) is 56.9 Å². The van der Waals surface area contributed by atoms with E-state index in [0.29, 0.717) is 24.1 Å². The van der Waals surface area contributed by atoms with E-state index >= 15 is 0 Å². The first-order valence-corrected chi connectivity index (χ1v) is 21.8. The van der Waals surface area contributed by atoms with Crippen molar-refractivity contribution in [2.75, 3.05) is 0 Å². The van der Waals surface area contributed by atoms with E-state index in [9.17, 15) is 19.2 Å². The first kappa shape index (κ1) is 43.2. The van der Waals surface area contributed by atoms with Crippen molar-refractivity contribution in [3.8, 4) is 0 Å². The molecule has 1 heterocycles. The van der Waals surface area contributed by atoms with Crippen molar-refractivity contribution in [3.05, 3.63) is 47.6 Å². The molecule has 4 fully saturated rings. The number of rotatable bonds is 9. The fraction of sp³-hybridized carbons (Fsp3) is 0.750. The van der Waals surface area contributed by atoms with Crippen LogP contribution >= 0.6 is 0 Å². The summed E-state index contributed by atoms with van der Waals surface area (Å²) in [5, 5.41) is 3.04. The number of nitrogens with zero attached hydrogens (tertiary/aromatic N) is 2. The van der Waals surface area contributed by atoms with Crippen LogP contribution in [-0.4, -0.2) is 45.3 Å². The number of amides is 1. The maximum absolute atomic E-state index is 14.1. The lowest BCUT2D eigenvalue weighted by Crippen LogP contribution is -2.65. The Morgan fingerprint density at radius 3 is 2.18 bits per heavy atom. The summed E-state index contributed by atoms with van der Waals surface area (Å²) in [7, 11) is 0. The van der Waals surface area contributed by atoms with E-state index in [1.165, 1.54) is 5.57 Å². The second kappa shape index (κ2) is 14.7. The van der Waals surface area contributed by atoms with Gasteiger partial charge in [-0.05, 0) is 156 Å². The van der Waals surface area contributed by atoms with E-state index in [2.05, 4.69) is 69.8 Å². The number of carbonyl (C=O) groups excluding carboxylic acids is 4. The first-order chi connectivity index (χ1) is 26.3. The van der Waals surface area contributed by atoms with Crippen molar-refractivity contribution >= 4 is 23.6 Å². The number of ether oxygens (including phenoxy) is 2. The highest BCUT2D eigenvalue weighted by Crippen LogP contribution is 2.77. The number of allylic oxidation sites excluding steroid dienone is 3. The van der Waals surface area contributed by atoms with E-state index < -0.39 is 16.4 Å². The molecule has 0 spiro atoms. The van der Waals surface area contributed by atoms with Crippen LogP contribution in [0.1, 0.15) is 166 Å². The van der Waals surface area contributed by atoms with Crippen LogP contribution in [0.4, 0.5) is 0 Å². The number of aromatic nitrogens is 2. The van der Waals surface area contributed by atoms with Gasteiger partial charge in [0.1, 0.15) is 17.5 Å². The number of ketones is 1. The molecule has 57 heavy (non-hydrogen) atoms. The molecular formula is C48H71N3O6. The number of nitrogens with one attached hydrogen (secondary N) is 1. The topological polar surface area (TPSA) is 125 Å². The van der Waals surface area contributed by atoms with Gasteiger partial charge in [-0.15, -0.1) is 0 Å². The summed E-state index contributed by atoms with van der Waals surface area (Å²) in [5.74, 6) is 1.13. The number of esters is 2. The molecule has 4 saturated carbocycles. The van der Waals surface area contributed by atoms with E-state index in [4.69, 9.17) is 9.47 Å². The molecule has 314 valence electrons. The van der Waals surface area contributed by atoms with E-state index in [1.807, 2.05) is 27.7 Å². The molecule has 0 unspecified atom stereocenters. The zero-order chi connectivity index (χ0) is 42.1. The lowest BCUT2D eigenvalue weighted by atomic mass is 9.33. The monoisotopic (exact) mass is 786 g/mol. The van der Waals surface area contributed by atoms with Gasteiger partial charge in [-0.25, -0.2) is 9.97 Å². The largest absolute Gasteiger partial charge is 0.462 e. The molecule has 5 aliphatic rings. The number of Topliss-reactive ketones (excluding diaryl/α,β-unsaturated/α-hetero) is 1. The molecule has 9 atom stereocenters. The summed E-state index contributed by atoms with van der Waals surface area (Å²) in [4.78, 5) is 62.5. The Kier molecular flexibility index (Phi) is 11.2. The zero-order valence-corrected chi connectivity index (χ0v) is 37.3. The highest BCUT2D eigenvalue weighted by Gasteiger charge is 2.70. The summed E-state index contributed by atoms with van der Waals surface area (Å²) < 4.78 is 12.0. The van der Waals surface area contributed by atoms with Crippen LogP contribution in [0, 0.1) is 56.2 Å². The van der Waals surface area contributed by atoms with Gasteiger partial charge in [0.15, 0.2) is 5.78 Å². The number of hydrogen-bond donors (Lipinski definition) is 1. The van der Waals surface area contributed by atoms with Gasteiger partial charge in [-0.3, -0.25) is 19.2 Å². The van der Waals surface area contributed by atoms with Gasteiger partial charge in [0.05, 0.1) is 17.9 Å². The molecule has 0 bridgehead atoms. The van der Waals surface area contributed by atoms with Gasteiger partial charge >= 0.3 is 11.9 Å². The Balaban J connectivity index is 1.23. The zero-order valence-electron chi connectivity index (χ0n) is 37.3. The van der Waals surface area contributed by atoms with Gasteiger partial charge in [0, 0.05) is 29.6 Å². The van der Waals surface area contributed by atoms with Crippen LogP contribution in [0.2, 0.25) is 0 Å². The molecule has 1 aromatic heterocycles. The van der Waals surface area contributed by atoms with Crippen molar-refractivity contribution in [3.63, 3.8) is 0 Å². The minimum Gasteiger partial charge on any atom is -0.462 e. The molecule has 1 amide bonds. The van der Waals surface area contributed by atoms with Crippen LogP contribution in [0.15, 0.2) is 41.8 Å². The van der Waals surface area contributed by atoms with Crippen molar-refractivity contribution in [1.82, 2.24) is 15.3 Å². The third-order valence-electron chi connectivity index (χ3n) is 16.1. The van der Waals surface area contributed by atoms with Crippen LogP contribution in [0.25, 0.3) is 0 Å². The van der Waals surface area contributed by atoms with Crippen LogP contribution < -0.4 is 5.32 Å². The fourth-order valence-electron chi connectivity index (χ4n) is 13.2. The van der Waals surface area contributed by atoms with Gasteiger partial charge < -0.3 is 14.8 Å². The second-order valence-electron chi connectivity index (χ2n) is 21.9. The molecule has 0 radical (unpaired) electrons. The Morgan fingerprint density at radius 2 is 1.54 bits per heavy atom. The molecule has 0 aliphatic heterocycles. The number of hydrogen-bond acceptors (Lipinski definition) is 8. The van der Waals surface area contributed by atoms with Crippen molar-refractivity contribution in [1.29, 1.82) is 0 Å². The smallest absolute Gasteiger partial charge is 0.312 e. The van der Waals surface area contributed by atoms with Crippen LogP contribution in [0.5, 0.6) is 0 Å². The predicted molar refractivity (Wildman–Crippen MR) is 221 cm³/mol. The third-order valence-corrected chi connectivity index (χ3v) is 16.1. The average molecular weight is 786 g/mol. The summed E-state index contributed by atoms with van der Waals surface area (Å²) in [6, 6.07) is 1.42. The number of carbonyl (C=O) groups is 4. The highest BCUT2D eigenvalue weighted by atomic mass is 16.6. The van der Waals surface area contributed by atoms with Crippen molar-refractivity contribution in [2.24, 2.45) is 56.2 Å². The maximum atomic E-state index is 14.1. The normalized spacial score (nSPS) is 35.5. The van der Waals surface area contributed by atoms with Gasteiger partial charge in [0.25, 0.3) is 0 Å². The number of fused-ring (bicyclic) bond motifs is 7. The SMILES string of the molecule is CC(C)C1=C2[C@H]3CC[C@@H]4[C@@]5(C)CC[C@H](OC(=O)CC(C)(C)C(=O)OC(C)(C)C)C(C)(C)[C@@H]5CC[C@@]4(C)[C@]3(C)CC[C@@]2(C=CC(=O)N[C@H](C)c2ncccn2)CC1=O. The molecule has 1 N–H and O–H groups in total. The average Bonchev–Trinajstić information content (AvgIpc) is 3.40. The molecule has 0 saturated heterocycles.